The molecule has 1 nitrogen and oxygen atoms in total. The van der Waals surface area contributed by atoms with Crippen molar-refractivity contribution < 1.29 is 13.2 Å². The zero-order valence-corrected chi connectivity index (χ0v) is 5.76. The molecule has 60 valence electrons. The zero-order chi connectivity index (χ0) is 7.83. The predicted octanol–water partition coefficient (Wildman–Crippen LogP) is 1.34. The maximum Gasteiger partial charge on any atom is 0.262 e. The first kappa shape index (κ1) is 7.85. The van der Waals surface area contributed by atoms with Crippen molar-refractivity contribution in [3.63, 3.8) is 0 Å². The number of halogens is 3. The molecule has 0 aromatic rings. The number of hydrogen-bond donors (Lipinski definition) is 1. The molecule has 1 heterocycles. The molecule has 1 aliphatic heterocycles. The van der Waals surface area contributed by atoms with E-state index in [1.54, 1.807) is 0 Å². The summed E-state index contributed by atoms with van der Waals surface area (Å²) in [7, 11) is 0. The monoisotopic (exact) mass is 153 g/mol. The summed E-state index contributed by atoms with van der Waals surface area (Å²) in [4.78, 5) is 0. The van der Waals surface area contributed by atoms with E-state index in [0.29, 0.717) is 0 Å². The van der Waals surface area contributed by atoms with Crippen molar-refractivity contribution in [1.29, 1.82) is 0 Å². The maximum absolute atomic E-state index is 12.4. The van der Waals surface area contributed by atoms with E-state index in [1.807, 2.05) is 0 Å². The summed E-state index contributed by atoms with van der Waals surface area (Å²) >= 11 is 0. The normalized spacial score (nSPS) is 38.4. The van der Waals surface area contributed by atoms with E-state index in [2.05, 4.69) is 5.32 Å². The quantitative estimate of drug-likeness (QED) is 0.599. The molecule has 1 saturated heterocycles. The van der Waals surface area contributed by atoms with E-state index in [9.17, 15) is 13.2 Å². The molecule has 1 atom stereocenters. The van der Waals surface area contributed by atoms with E-state index < -0.39 is 31.1 Å². The minimum absolute atomic E-state index is 0.392. The Morgan fingerprint density at radius 3 is 2.30 bits per heavy atom. The molecule has 4 heteroatoms. The van der Waals surface area contributed by atoms with E-state index in [-0.39, 0.29) is 0 Å². The minimum Gasteiger partial charge on any atom is -0.303 e. The lowest BCUT2D eigenvalue weighted by atomic mass is 10.0. The van der Waals surface area contributed by atoms with Crippen LogP contribution in [0.1, 0.15) is 13.3 Å². The smallest absolute Gasteiger partial charge is 0.262 e. The Balaban J connectivity index is 2.57. The van der Waals surface area contributed by atoms with Crippen molar-refractivity contribution >= 4 is 0 Å². The Morgan fingerprint density at radius 1 is 1.50 bits per heavy atom. The van der Waals surface area contributed by atoms with Gasteiger partial charge in [-0.1, -0.05) is 0 Å². The molecule has 0 unspecified atom stereocenters. The first-order valence-electron chi connectivity index (χ1n) is 3.16. The van der Waals surface area contributed by atoms with Crippen molar-refractivity contribution in [2.75, 3.05) is 13.2 Å². The van der Waals surface area contributed by atoms with Crippen molar-refractivity contribution in [3.8, 4) is 0 Å². The van der Waals surface area contributed by atoms with Crippen molar-refractivity contribution in [2.45, 2.75) is 24.8 Å². The molecule has 0 amide bonds. The van der Waals surface area contributed by atoms with Crippen molar-refractivity contribution in [3.05, 3.63) is 0 Å². The van der Waals surface area contributed by atoms with Gasteiger partial charge in [0.05, 0.1) is 6.54 Å². The number of alkyl halides is 3. The van der Waals surface area contributed by atoms with Gasteiger partial charge in [-0.05, 0) is 6.92 Å². The van der Waals surface area contributed by atoms with E-state index in [1.165, 1.54) is 6.92 Å². The fourth-order valence-electron chi connectivity index (χ4n) is 1.13. The molecule has 0 aromatic heterocycles. The van der Waals surface area contributed by atoms with Crippen LogP contribution in [-0.2, 0) is 0 Å². The van der Waals surface area contributed by atoms with E-state index in [0.717, 1.165) is 0 Å². The van der Waals surface area contributed by atoms with Crippen LogP contribution in [0, 0.1) is 0 Å². The summed E-state index contributed by atoms with van der Waals surface area (Å²) in [6.07, 6.45) is -0.392. The first-order chi connectivity index (χ1) is 4.47. The Morgan fingerprint density at radius 2 is 2.10 bits per heavy atom. The average Bonchev–Trinajstić information content (AvgIpc) is 2.08. The van der Waals surface area contributed by atoms with E-state index >= 15 is 0 Å². The lowest BCUT2D eigenvalue weighted by Gasteiger charge is -2.18. The highest BCUT2D eigenvalue weighted by molar-refractivity contribution is 4.96. The molecule has 1 rings (SSSR count). The SMILES string of the molecule is C[C@@]1(CF)CC(F)(F)CN1. The summed E-state index contributed by atoms with van der Waals surface area (Å²) in [5.41, 5.74) is -0.997. The highest BCUT2D eigenvalue weighted by Gasteiger charge is 2.46. The van der Waals surface area contributed by atoms with Gasteiger partial charge in [0.2, 0.25) is 0 Å². The topological polar surface area (TPSA) is 12.0 Å². The van der Waals surface area contributed by atoms with Crippen LogP contribution in [0.3, 0.4) is 0 Å². The Kier molecular flexibility index (Phi) is 1.66. The lowest BCUT2D eigenvalue weighted by molar-refractivity contribution is 0.0153. The summed E-state index contributed by atoms with van der Waals surface area (Å²) in [6.45, 7) is 0.337. The molecular weight excluding hydrogens is 143 g/mol. The van der Waals surface area contributed by atoms with Gasteiger partial charge in [-0.25, -0.2) is 13.2 Å². The van der Waals surface area contributed by atoms with Gasteiger partial charge in [-0.15, -0.1) is 0 Å². The number of hydrogen-bond acceptors (Lipinski definition) is 1. The predicted molar refractivity (Wildman–Crippen MR) is 31.9 cm³/mol. The van der Waals surface area contributed by atoms with Crippen LogP contribution in [0.15, 0.2) is 0 Å². The van der Waals surface area contributed by atoms with Crippen LogP contribution in [0.4, 0.5) is 13.2 Å². The van der Waals surface area contributed by atoms with Crippen LogP contribution in [0.5, 0.6) is 0 Å². The second-order valence-electron chi connectivity index (χ2n) is 3.08. The van der Waals surface area contributed by atoms with Crippen molar-refractivity contribution in [2.24, 2.45) is 0 Å². The summed E-state index contributed by atoms with van der Waals surface area (Å²) in [6, 6.07) is 0. The van der Waals surface area contributed by atoms with Gasteiger partial charge in [-0.3, -0.25) is 0 Å². The molecule has 0 radical (unpaired) electrons. The van der Waals surface area contributed by atoms with Crippen LogP contribution >= 0.6 is 0 Å². The van der Waals surface area contributed by atoms with Crippen LogP contribution < -0.4 is 5.32 Å². The first-order valence-corrected chi connectivity index (χ1v) is 3.16. The van der Waals surface area contributed by atoms with Gasteiger partial charge >= 0.3 is 0 Å². The second kappa shape index (κ2) is 2.12. The van der Waals surface area contributed by atoms with Gasteiger partial charge < -0.3 is 5.32 Å². The van der Waals surface area contributed by atoms with Crippen molar-refractivity contribution in [1.82, 2.24) is 5.32 Å². The third-order valence-electron chi connectivity index (χ3n) is 1.72. The third kappa shape index (κ3) is 1.42. The molecule has 1 aliphatic rings. The molecule has 0 saturated carbocycles. The second-order valence-corrected chi connectivity index (χ2v) is 3.08. The standard InChI is InChI=1S/C6H10F3N/c1-5(3-7)2-6(8,9)4-10-5/h10H,2-4H2,1H3/t5-/m0/s1. The summed E-state index contributed by atoms with van der Waals surface area (Å²) in [5, 5.41) is 2.45. The Bertz CT molecular complexity index is 137. The molecular formula is C6H10F3N. The molecule has 0 bridgehead atoms. The Hall–Kier alpha value is -0.250. The zero-order valence-electron chi connectivity index (χ0n) is 5.76. The molecule has 10 heavy (non-hydrogen) atoms. The maximum atomic E-state index is 12.4. The third-order valence-corrected chi connectivity index (χ3v) is 1.72. The highest BCUT2D eigenvalue weighted by atomic mass is 19.3. The molecule has 0 spiro atoms. The Labute approximate surface area is 57.6 Å². The fourth-order valence-corrected chi connectivity index (χ4v) is 1.13. The van der Waals surface area contributed by atoms with Crippen LogP contribution in [-0.4, -0.2) is 24.7 Å². The van der Waals surface area contributed by atoms with E-state index in [4.69, 9.17) is 0 Å². The van der Waals surface area contributed by atoms with Gasteiger partial charge in [-0.2, -0.15) is 0 Å². The van der Waals surface area contributed by atoms with Gasteiger partial charge in [0, 0.05) is 12.0 Å². The highest BCUT2D eigenvalue weighted by Crippen LogP contribution is 2.31. The fraction of sp³-hybridized carbons (Fsp3) is 1.00. The summed E-state index contributed by atoms with van der Waals surface area (Å²) < 4.78 is 36.8. The van der Waals surface area contributed by atoms with Gasteiger partial charge in [0.1, 0.15) is 6.67 Å². The largest absolute Gasteiger partial charge is 0.303 e. The molecule has 1 fully saturated rings. The lowest BCUT2D eigenvalue weighted by Crippen LogP contribution is -2.38. The van der Waals surface area contributed by atoms with Gasteiger partial charge in [0.15, 0.2) is 0 Å². The number of rotatable bonds is 1. The summed E-state index contributed by atoms with van der Waals surface area (Å²) in [5.74, 6) is -2.72. The van der Waals surface area contributed by atoms with Crippen LogP contribution in [0.25, 0.3) is 0 Å². The molecule has 0 aromatic carbocycles. The molecule has 1 N–H and O–H groups in total. The number of nitrogens with one attached hydrogen (secondary N) is 1. The minimum atomic E-state index is -2.72. The van der Waals surface area contributed by atoms with Crippen LogP contribution in [0.2, 0.25) is 0 Å². The average molecular weight is 153 g/mol. The van der Waals surface area contributed by atoms with Gasteiger partial charge in [0.25, 0.3) is 5.92 Å². The molecule has 0 aliphatic carbocycles.